The molecule has 42 heavy (non-hydrogen) atoms. The van der Waals surface area contributed by atoms with Gasteiger partial charge in [0, 0.05) is 10.0 Å². The van der Waals surface area contributed by atoms with E-state index in [0.717, 1.165) is 5.56 Å². The number of amidine groups is 1. The van der Waals surface area contributed by atoms with Crippen LogP contribution in [0.5, 0.6) is 11.5 Å². The third-order valence-electron chi connectivity index (χ3n) is 5.94. The molecule has 4 aromatic carbocycles. The van der Waals surface area contributed by atoms with Gasteiger partial charge in [-0.15, -0.1) is 0 Å². The van der Waals surface area contributed by atoms with Gasteiger partial charge in [0.15, 0.2) is 16.7 Å². The quantitative estimate of drug-likeness (QED) is 0.174. The van der Waals surface area contributed by atoms with Crippen molar-refractivity contribution in [3.8, 4) is 11.5 Å². The Hall–Kier alpha value is -2.84. The van der Waals surface area contributed by atoms with E-state index in [0.29, 0.717) is 70.2 Å². The monoisotopic (exact) mass is 676 g/mol. The van der Waals surface area contributed by atoms with Gasteiger partial charge in [0.25, 0.3) is 5.91 Å². The molecule has 0 aliphatic carbocycles. The highest BCUT2D eigenvalue weighted by atomic mass is 35.5. The van der Waals surface area contributed by atoms with Gasteiger partial charge in [-0.1, -0.05) is 64.1 Å². The van der Waals surface area contributed by atoms with Crippen LogP contribution in [0.2, 0.25) is 25.1 Å². The van der Waals surface area contributed by atoms with Crippen LogP contribution in [-0.2, 0) is 11.4 Å². The van der Waals surface area contributed by atoms with Crippen molar-refractivity contribution in [1.29, 1.82) is 0 Å². The van der Waals surface area contributed by atoms with Gasteiger partial charge in [-0.2, -0.15) is 0 Å². The first-order valence-electron chi connectivity index (χ1n) is 12.6. The molecule has 0 N–H and O–H groups in total. The number of carbonyl (C=O) groups is 1. The second kappa shape index (κ2) is 13.6. The van der Waals surface area contributed by atoms with Crippen molar-refractivity contribution in [1.82, 2.24) is 0 Å². The summed E-state index contributed by atoms with van der Waals surface area (Å²) in [6.07, 6.45) is 1.75. The Bertz CT molecular complexity index is 1690. The minimum absolute atomic E-state index is 0.200. The van der Waals surface area contributed by atoms with Gasteiger partial charge in [-0.25, -0.2) is 4.99 Å². The van der Waals surface area contributed by atoms with E-state index in [-0.39, 0.29) is 12.5 Å². The number of rotatable bonds is 8. The van der Waals surface area contributed by atoms with Gasteiger partial charge in [0.2, 0.25) is 0 Å². The van der Waals surface area contributed by atoms with Crippen molar-refractivity contribution in [3.05, 3.63) is 120 Å². The molecule has 1 fully saturated rings. The Balaban J connectivity index is 1.48. The van der Waals surface area contributed by atoms with Crippen LogP contribution in [0.25, 0.3) is 6.08 Å². The summed E-state index contributed by atoms with van der Waals surface area (Å²) in [4.78, 5) is 20.4. The molecule has 11 heteroatoms. The lowest BCUT2D eigenvalue weighted by Crippen LogP contribution is -2.28. The summed E-state index contributed by atoms with van der Waals surface area (Å²) in [5.74, 6) is 0.575. The van der Waals surface area contributed by atoms with E-state index in [9.17, 15) is 4.79 Å². The second-order valence-corrected chi connectivity index (χ2v) is 12.0. The SMILES string of the molecule is CCOc1cc(/C=C2\SC(=Nc3ccc(Cl)cc3)N(c3ccc(Cl)cc3)C2=O)cc(Cl)c1OCc1ccc(Cl)c(Cl)c1. The summed E-state index contributed by atoms with van der Waals surface area (Å²) < 4.78 is 11.9. The van der Waals surface area contributed by atoms with E-state index in [1.165, 1.54) is 11.8 Å². The number of halogens is 5. The summed E-state index contributed by atoms with van der Waals surface area (Å²) >= 11 is 32.2. The summed E-state index contributed by atoms with van der Waals surface area (Å²) in [6, 6.07) is 22.8. The molecule has 0 aromatic heterocycles. The molecule has 1 saturated heterocycles. The molecule has 1 aliphatic heterocycles. The number of anilines is 1. The molecule has 0 saturated carbocycles. The second-order valence-electron chi connectivity index (χ2n) is 8.90. The van der Waals surface area contributed by atoms with Crippen LogP contribution < -0.4 is 14.4 Å². The number of carbonyl (C=O) groups excluding carboxylic acids is 1. The zero-order chi connectivity index (χ0) is 29.8. The van der Waals surface area contributed by atoms with Crippen LogP contribution in [0.4, 0.5) is 11.4 Å². The van der Waals surface area contributed by atoms with Crippen molar-refractivity contribution in [2.75, 3.05) is 11.5 Å². The van der Waals surface area contributed by atoms with Crippen LogP contribution >= 0.6 is 69.8 Å². The topological polar surface area (TPSA) is 51.1 Å². The van der Waals surface area contributed by atoms with Crippen LogP contribution in [0.1, 0.15) is 18.1 Å². The molecule has 0 spiro atoms. The number of ether oxygens (including phenoxy) is 2. The molecule has 0 bridgehead atoms. The Morgan fingerprint density at radius 1 is 0.810 bits per heavy atom. The Kier molecular flexibility index (Phi) is 9.94. The zero-order valence-corrected chi connectivity index (χ0v) is 26.5. The van der Waals surface area contributed by atoms with E-state index in [1.54, 1.807) is 83.8 Å². The zero-order valence-electron chi connectivity index (χ0n) is 21.9. The molecule has 4 aromatic rings. The smallest absolute Gasteiger partial charge is 0.271 e. The Labute approximate surface area is 272 Å². The fraction of sp³-hybridized carbons (Fsp3) is 0.0968. The van der Waals surface area contributed by atoms with Gasteiger partial charge in [0.1, 0.15) is 6.61 Å². The summed E-state index contributed by atoms with van der Waals surface area (Å²) in [6.45, 7) is 2.45. The van der Waals surface area contributed by atoms with Gasteiger partial charge in [-0.05, 0) is 109 Å². The third kappa shape index (κ3) is 7.20. The first-order valence-corrected chi connectivity index (χ1v) is 15.3. The van der Waals surface area contributed by atoms with Crippen molar-refractivity contribution in [2.45, 2.75) is 13.5 Å². The number of thioether (sulfide) groups is 1. The fourth-order valence-corrected chi connectivity index (χ4v) is 5.85. The largest absolute Gasteiger partial charge is 0.490 e. The normalized spacial score (nSPS) is 15.1. The van der Waals surface area contributed by atoms with Crippen LogP contribution in [0.15, 0.2) is 88.8 Å². The van der Waals surface area contributed by atoms with Crippen molar-refractivity contribution in [2.24, 2.45) is 4.99 Å². The van der Waals surface area contributed by atoms with Gasteiger partial charge < -0.3 is 9.47 Å². The van der Waals surface area contributed by atoms with Crippen molar-refractivity contribution in [3.63, 3.8) is 0 Å². The van der Waals surface area contributed by atoms with Gasteiger partial charge >= 0.3 is 0 Å². The predicted octanol–water partition coefficient (Wildman–Crippen LogP) is 10.7. The van der Waals surface area contributed by atoms with Crippen molar-refractivity contribution >= 4 is 98.3 Å². The third-order valence-corrected chi connectivity index (χ3v) is 8.43. The van der Waals surface area contributed by atoms with E-state index in [2.05, 4.69) is 0 Å². The minimum atomic E-state index is -0.246. The predicted molar refractivity (Wildman–Crippen MR) is 176 cm³/mol. The van der Waals surface area contributed by atoms with E-state index in [4.69, 9.17) is 72.5 Å². The molecule has 0 unspecified atom stereocenters. The van der Waals surface area contributed by atoms with E-state index < -0.39 is 0 Å². The number of amides is 1. The lowest BCUT2D eigenvalue weighted by atomic mass is 10.1. The molecule has 5 rings (SSSR count). The average Bonchev–Trinajstić information content (AvgIpc) is 3.26. The highest BCUT2D eigenvalue weighted by Crippen LogP contribution is 2.41. The standard InChI is InChI=1S/C31H21Cl5N2O3S/c1-2-40-27-15-19(14-26(36)29(27)41-17-18-3-12-24(34)25(35)13-18)16-28-30(39)38(23-10-6-21(33)7-11-23)31(42-28)37-22-8-4-20(32)5-9-22/h3-16H,2,17H2,1H3/b28-16-,37-31?. The first-order chi connectivity index (χ1) is 20.2. The number of aliphatic imine (C=N–C) groups is 1. The van der Waals surface area contributed by atoms with Crippen LogP contribution in [-0.4, -0.2) is 17.7 Å². The molecule has 1 amide bonds. The maximum atomic E-state index is 13.7. The Morgan fingerprint density at radius 2 is 1.50 bits per heavy atom. The van der Waals surface area contributed by atoms with Crippen molar-refractivity contribution < 1.29 is 14.3 Å². The lowest BCUT2D eigenvalue weighted by Gasteiger charge is -2.16. The fourth-order valence-electron chi connectivity index (χ4n) is 4.00. The molecule has 1 aliphatic rings. The lowest BCUT2D eigenvalue weighted by molar-refractivity contribution is -0.113. The van der Waals surface area contributed by atoms with Crippen LogP contribution in [0.3, 0.4) is 0 Å². The van der Waals surface area contributed by atoms with Gasteiger partial charge in [-0.3, -0.25) is 9.69 Å². The number of nitrogens with zero attached hydrogens (tertiary/aromatic N) is 2. The molecule has 0 radical (unpaired) electrons. The van der Waals surface area contributed by atoms with Crippen LogP contribution in [0, 0.1) is 0 Å². The maximum absolute atomic E-state index is 13.7. The molecule has 0 atom stereocenters. The van der Waals surface area contributed by atoms with E-state index in [1.807, 2.05) is 13.0 Å². The molecule has 214 valence electrons. The summed E-state index contributed by atoms with van der Waals surface area (Å²) in [5, 5.41) is 2.85. The molecule has 5 nitrogen and oxygen atoms in total. The average molecular weight is 679 g/mol. The highest BCUT2D eigenvalue weighted by Gasteiger charge is 2.35. The first kappa shape index (κ1) is 30.6. The van der Waals surface area contributed by atoms with E-state index >= 15 is 0 Å². The number of hydrogen-bond acceptors (Lipinski definition) is 5. The minimum Gasteiger partial charge on any atom is -0.490 e. The Morgan fingerprint density at radius 3 is 2.17 bits per heavy atom. The summed E-state index contributed by atoms with van der Waals surface area (Å²) in [5.41, 5.74) is 2.76. The molecular weight excluding hydrogens is 658 g/mol. The number of hydrogen-bond donors (Lipinski definition) is 0. The molecule has 1 heterocycles. The molecular formula is C31H21Cl5N2O3S. The van der Waals surface area contributed by atoms with Gasteiger partial charge in [0.05, 0.1) is 38.0 Å². The summed E-state index contributed by atoms with van der Waals surface area (Å²) in [7, 11) is 0. The highest BCUT2D eigenvalue weighted by molar-refractivity contribution is 8.19. The number of benzene rings is 4. The maximum Gasteiger partial charge on any atom is 0.271 e.